The van der Waals surface area contributed by atoms with Gasteiger partial charge in [0.1, 0.15) is 5.82 Å². The molecular weight excluding hydrogens is 203 g/mol. The fraction of sp³-hybridized carbons (Fsp3) is 0.538. The van der Waals surface area contributed by atoms with Crippen molar-refractivity contribution in [2.45, 2.75) is 19.8 Å². The number of nitrogens with two attached hydrogens (primary N) is 1. The molecule has 1 aromatic carbocycles. The maximum atomic E-state index is 13.0. The maximum Gasteiger partial charge on any atom is 0.125 e. The Morgan fingerprint density at radius 3 is 2.81 bits per heavy atom. The van der Waals surface area contributed by atoms with Crippen LogP contribution in [-0.4, -0.2) is 20.1 Å². The summed E-state index contributed by atoms with van der Waals surface area (Å²) in [4.78, 5) is 2.08. The summed E-state index contributed by atoms with van der Waals surface area (Å²) in [5, 5.41) is 0. The van der Waals surface area contributed by atoms with Crippen molar-refractivity contribution >= 4 is 5.69 Å². The molecule has 90 valence electrons. The van der Waals surface area contributed by atoms with Crippen LogP contribution in [0.15, 0.2) is 24.3 Å². The van der Waals surface area contributed by atoms with Crippen LogP contribution in [0.1, 0.15) is 19.8 Å². The van der Waals surface area contributed by atoms with E-state index in [4.69, 9.17) is 5.73 Å². The second-order valence-electron chi connectivity index (χ2n) is 4.38. The molecule has 0 aromatic heterocycles. The summed E-state index contributed by atoms with van der Waals surface area (Å²) in [5.74, 6) is 0.389. The first-order valence-corrected chi connectivity index (χ1v) is 5.80. The Labute approximate surface area is 97.3 Å². The van der Waals surface area contributed by atoms with Crippen LogP contribution < -0.4 is 10.6 Å². The molecule has 1 unspecified atom stereocenters. The second kappa shape index (κ2) is 6.48. The molecule has 16 heavy (non-hydrogen) atoms. The lowest BCUT2D eigenvalue weighted by molar-refractivity contribution is 0.521. The minimum Gasteiger partial charge on any atom is -0.375 e. The molecule has 0 aliphatic carbocycles. The van der Waals surface area contributed by atoms with Crippen LogP contribution in [0.5, 0.6) is 0 Å². The van der Waals surface area contributed by atoms with Crippen molar-refractivity contribution in [2.75, 3.05) is 25.0 Å². The normalized spacial score (nSPS) is 12.5. The standard InChI is InChI=1S/C13H21FN2/c1-11(10-15)5-4-8-16(2)13-7-3-6-12(14)9-13/h3,6-7,9,11H,4-5,8,10,15H2,1-2H3. The highest BCUT2D eigenvalue weighted by Crippen LogP contribution is 2.15. The molecule has 0 fully saturated rings. The van der Waals surface area contributed by atoms with Gasteiger partial charge in [0.15, 0.2) is 0 Å². The van der Waals surface area contributed by atoms with Gasteiger partial charge >= 0.3 is 0 Å². The van der Waals surface area contributed by atoms with Crippen LogP contribution in [0.4, 0.5) is 10.1 Å². The van der Waals surface area contributed by atoms with E-state index in [1.165, 1.54) is 6.07 Å². The van der Waals surface area contributed by atoms with Gasteiger partial charge in [0.25, 0.3) is 0 Å². The third-order valence-electron chi connectivity index (χ3n) is 2.84. The highest BCUT2D eigenvalue weighted by atomic mass is 19.1. The van der Waals surface area contributed by atoms with Crippen LogP contribution in [0.3, 0.4) is 0 Å². The van der Waals surface area contributed by atoms with Gasteiger partial charge in [-0.15, -0.1) is 0 Å². The maximum absolute atomic E-state index is 13.0. The summed E-state index contributed by atoms with van der Waals surface area (Å²) in [6.45, 7) is 3.83. The summed E-state index contributed by atoms with van der Waals surface area (Å²) in [6, 6.07) is 6.69. The predicted octanol–water partition coefficient (Wildman–Crippen LogP) is 2.64. The fourth-order valence-corrected chi connectivity index (χ4v) is 1.64. The lowest BCUT2D eigenvalue weighted by atomic mass is 10.1. The van der Waals surface area contributed by atoms with E-state index >= 15 is 0 Å². The summed E-state index contributed by atoms with van der Waals surface area (Å²) in [7, 11) is 1.99. The van der Waals surface area contributed by atoms with Crippen LogP contribution in [0.25, 0.3) is 0 Å². The molecule has 1 atom stereocenters. The molecule has 0 saturated heterocycles. The lowest BCUT2D eigenvalue weighted by Crippen LogP contribution is -2.20. The number of anilines is 1. The van der Waals surface area contributed by atoms with Crippen LogP contribution in [0.2, 0.25) is 0 Å². The molecule has 0 radical (unpaired) electrons. The zero-order valence-corrected chi connectivity index (χ0v) is 10.1. The monoisotopic (exact) mass is 224 g/mol. The number of nitrogens with zero attached hydrogens (tertiary/aromatic N) is 1. The number of benzene rings is 1. The summed E-state index contributed by atoms with van der Waals surface area (Å²) in [5.41, 5.74) is 6.49. The molecule has 0 aliphatic rings. The molecule has 1 rings (SSSR count). The smallest absolute Gasteiger partial charge is 0.125 e. The third kappa shape index (κ3) is 4.19. The van der Waals surface area contributed by atoms with E-state index in [9.17, 15) is 4.39 Å². The van der Waals surface area contributed by atoms with E-state index in [1.807, 2.05) is 13.1 Å². The van der Waals surface area contributed by atoms with Crippen LogP contribution in [-0.2, 0) is 0 Å². The highest BCUT2D eigenvalue weighted by Gasteiger charge is 2.03. The molecule has 0 bridgehead atoms. The first kappa shape index (κ1) is 13.0. The Bertz CT molecular complexity index is 315. The third-order valence-corrected chi connectivity index (χ3v) is 2.84. The quantitative estimate of drug-likeness (QED) is 0.805. The van der Waals surface area contributed by atoms with E-state index in [2.05, 4.69) is 11.8 Å². The van der Waals surface area contributed by atoms with Gasteiger partial charge in [-0.3, -0.25) is 0 Å². The van der Waals surface area contributed by atoms with Gasteiger partial charge in [-0.25, -0.2) is 4.39 Å². The van der Waals surface area contributed by atoms with Gasteiger partial charge in [-0.05, 0) is 43.5 Å². The molecule has 0 aliphatic heterocycles. The zero-order chi connectivity index (χ0) is 12.0. The van der Waals surface area contributed by atoms with Gasteiger partial charge < -0.3 is 10.6 Å². The molecule has 3 heteroatoms. The summed E-state index contributed by atoms with van der Waals surface area (Å²) < 4.78 is 13.0. The number of halogens is 1. The van der Waals surface area contributed by atoms with Crippen molar-refractivity contribution in [1.29, 1.82) is 0 Å². The largest absolute Gasteiger partial charge is 0.375 e. The first-order valence-electron chi connectivity index (χ1n) is 5.80. The predicted molar refractivity (Wildman–Crippen MR) is 67.1 cm³/mol. The molecule has 0 heterocycles. The van der Waals surface area contributed by atoms with Gasteiger partial charge in [0.2, 0.25) is 0 Å². The van der Waals surface area contributed by atoms with Gasteiger partial charge in [0.05, 0.1) is 0 Å². The Morgan fingerprint density at radius 1 is 1.44 bits per heavy atom. The van der Waals surface area contributed by atoms with E-state index in [-0.39, 0.29) is 5.82 Å². The Balaban J connectivity index is 2.38. The molecular formula is C13H21FN2. The van der Waals surface area contributed by atoms with Crippen molar-refractivity contribution < 1.29 is 4.39 Å². The number of rotatable bonds is 6. The van der Waals surface area contributed by atoms with E-state index in [0.29, 0.717) is 5.92 Å². The van der Waals surface area contributed by atoms with Crippen molar-refractivity contribution in [1.82, 2.24) is 0 Å². The van der Waals surface area contributed by atoms with Crippen molar-refractivity contribution in [2.24, 2.45) is 11.7 Å². The SMILES string of the molecule is CC(CN)CCCN(C)c1cccc(F)c1. The summed E-state index contributed by atoms with van der Waals surface area (Å²) >= 11 is 0. The minimum absolute atomic E-state index is 0.181. The highest BCUT2D eigenvalue weighted by molar-refractivity contribution is 5.45. The van der Waals surface area contributed by atoms with Gasteiger partial charge in [-0.2, -0.15) is 0 Å². The Kier molecular flexibility index (Phi) is 5.26. The van der Waals surface area contributed by atoms with Crippen molar-refractivity contribution in [3.63, 3.8) is 0 Å². The fourth-order valence-electron chi connectivity index (χ4n) is 1.64. The zero-order valence-electron chi connectivity index (χ0n) is 10.1. The van der Waals surface area contributed by atoms with Crippen LogP contribution >= 0.6 is 0 Å². The number of hydrogen-bond acceptors (Lipinski definition) is 2. The molecule has 2 nitrogen and oxygen atoms in total. The minimum atomic E-state index is -0.181. The molecule has 1 aromatic rings. The van der Waals surface area contributed by atoms with Gasteiger partial charge in [-0.1, -0.05) is 13.0 Å². The van der Waals surface area contributed by atoms with Crippen molar-refractivity contribution in [3.8, 4) is 0 Å². The summed E-state index contributed by atoms with van der Waals surface area (Å²) in [6.07, 6.45) is 2.21. The van der Waals surface area contributed by atoms with E-state index in [1.54, 1.807) is 12.1 Å². The Hall–Kier alpha value is -1.09. The van der Waals surface area contributed by atoms with Crippen LogP contribution in [0, 0.1) is 11.7 Å². The lowest BCUT2D eigenvalue weighted by Gasteiger charge is -2.20. The number of hydrogen-bond donors (Lipinski definition) is 1. The van der Waals surface area contributed by atoms with E-state index < -0.39 is 0 Å². The molecule has 0 saturated carbocycles. The van der Waals surface area contributed by atoms with Gasteiger partial charge in [0, 0.05) is 19.3 Å². The second-order valence-corrected chi connectivity index (χ2v) is 4.38. The van der Waals surface area contributed by atoms with Crippen molar-refractivity contribution in [3.05, 3.63) is 30.1 Å². The average molecular weight is 224 g/mol. The first-order chi connectivity index (χ1) is 7.63. The Morgan fingerprint density at radius 2 is 2.19 bits per heavy atom. The topological polar surface area (TPSA) is 29.3 Å². The van der Waals surface area contributed by atoms with E-state index in [0.717, 1.165) is 31.6 Å². The molecule has 0 amide bonds. The molecule has 2 N–H and O–H groups in total. The average Bonchev–Trinajstić information content (AvgIpc) is 2.28. The molecule has 0 spiro atoms.